The normalized spacial score (nSPS) is 15.2. The molecule has 1 heterocycles. The number of carbonyl (C=O) groups excluding carboxylic acids is 1. The molecule has 2 rings (SSSR count). The van der Waals surface area contributed by atoms with Crippen molar-refractivity contribution < 1.29 is 9.53 Å². The largest absolute Gasteiger partial charge is 0.495 e. The number of rotatable bonds is 8. The first-order valence-corrected chi connectivity index (χ1v) is 8.34. The van der Waals surface area contributed by atoms with Crippen molar-refractivity contribution in [3.05, 3.63) is 23.2 Å². The van der Waals surface area contributed by atoms with E-state index in [-0.39, 0.29) is 5.91 Å². The Morgan fingerprint density at radius 1 is 1.35 bits per heavy atom. The van der Waals surface area contributed by atoms with Crippen molar-refractivity contribution in [1.29, 1.82) is 0 Å². The highest BCUT2D eigenvalue weighted by Gasteiger charge is 2.09. The minimum Gasteiger partial charge on any atom is -0.495 e. The van der Waals surface area contributed by atoms with Gasteiger partial charge >= 0.3 is 0 Å². The van der Waals surface area contributed by atoms with Gasteiger partial charge in [0.1, 0.15) is 5.75 Å². The van der Waals surface area contributed by atoms with Gasteiger partial charge in [0.15, 0.2) is 0 Å². The molecule has 0 unspecified atom stereocenters. The zero-order chi connectivity index (χ0) is 16.5. The molecule has 0 aliphatic carbocycles. The van der Waals surface area contributed by atoms with Crippen LogP contribution < -0.4 is 20.7 Å². The average Bonchev–Trinajstić information content (AvgIpc) is 2.56. The lowest BCUT2D eigenvalue weighted by Gasteiger charge is -2.27. The summed E-state index contributed by atoms with van der Waals surface area (Å²) >= 11 is 5.97. The second kappa shape index (κ2) is 9.60. The van der Waals surface area contributed by atoms with E-state index in [2.05, 4.69) is 20.9 Å². The van der Waals surface area contributed by atoms with E-state index >= 15 is 0 Å². The molecular formula is C16H25ClN4O2. The standard InChI is InChI=1S/C16H25ClN4O2/c1-23-15-3-2-13(17)12-14(15)19-5-4-16(22)20-8-11-21-9-6-18-7-10-21/h2-3,12,18-19H,4-11H2,1H3,(H,20,22). The third-order valence-corrected chi connectivity index (χ3v) is 4.02. The van der Waals surface area contributed by atoms with Crippen molar-refractivity contribution in [2.24, 2.45) is 0 Å². The van der Waals surface area contributed by atoms with Crippen LogP contribution in [0.1, 0.15) is 6.42 Å². The number of hydrogen-bond donors (Lipinski definition) is 3. The summed E-state index contributed by atoms with van der Waals surface area (Å²) in [6.45, 7) is 6.29. The Bertz CT molecular complexity index is 507. The summed E-state index contributed by atoms with van der Waals surface area (Å²) in [5, 5.41) is 10.1. The van der Waals surface area contributed by atoms with Crippen molar-refractivity contribution in [2.75, 3.05) is 58.2 Å². The smallest absolute Gasteiger partial charge is 0.221 e. The van der Waals surface area contributed by atoms with Gasteiger partial charge < -0.3 is 20.7 Å². The highest BCUT2D eigenvalue weighted by Crippen LogP contribution is 2.27. The summed E-state index contributed by atoms with van der Waals surface area (Å²) in [6, 6.07) is 5.37. The third kappa shape index (κ3) is 6.25. The number of halogens is 1. The van der Waals surface area contributed by atoms with E-state index in [1.807, 2.05) is 0 Å². The molecule has 1 saturated heterocycles. The van der Waals surface area contributed by atoms with Crippen molar-refractivity contribution in [1.82, 2.24) is 15.5 Å². The molecule has 1 amide bonds. The van der Waals surface area contributed by atoms with Gasteiger partial charge in [-0.3, -0.25) is 9.69 Å². The molecular weight excluding hydrogens is 316 g/mol. The minimum atomic E-state index is 0.0497. The minimum absolute atomic E-state index is 0.0497. The van der Waals surface area contributed by atoms with E-state index in [0.717, 1.165) is 38.4 Å². The van der Waals surface area contributed by atoms with Gasteiger partial charge in [-0.15, -0.1) is 0 Å². The zero-order valence-electron chi connectivity index (χ0n) is 13.5. The highest BCUT2D eigenvalue weighted by atomic mass is 35.5. The van der Waals surface area contributed by atoms with Gasteiger partial charge in [-0.1, -0.05) is 11.6 Å². The van der Waals surface area contributed by atoms with Gasteiger partial charge in [-0.25, -0.2) is 0 Å². The predicted octanol–water partition coefficient (Wildman–Crippen LogP) is 1.17. The average molecular weight is 341 g/mol. The van der Waals surface area contributed by atoms with Crippen molar-refractivity contribution in [3.63, 3.8) is 0 Å². The van der Waals surface area contributed by atoms with Crippen LogP contribution in [-0.2, 0) is 4.79 Å². The van der Waals surface area contributed by atoms with E-state index in [0.29, 0.717) is 30.3 Å². The van der Waals surface area contributed by atoms with Gasteiger partial charge in [-0.2, -0.15) is 0 Å². The molecule has 6 nitrogen and oxygen atoms in total. The second-order valence-electron chi connectivity index (χ2n) is 5.46. The molecule has 1 fully saturated rings. The zero-order valence-corrected chi connectivity index (χ0v) is 14.3. The lowest BCUT2D eigenvalue weighted by molar-refractivity contribution is -0.120. The van der Waals surface area contributed by atoms with Crippen LogP contribution in [0.15, 0.2) is 18.2 Å². The van der Waals surface area contributed by atoms with E-state index in [9.17, 15) is 4.79 Å². The number of amides is 1. The molecule has 1 aliphatic heterocycles. The molecule has 0 atom stereocenters. The first-order chi connectivity index (χ1) is 11.2. The van der Waals surface area contributed by atoms with Crippen LogP contribution in [0.5, 0.6) is 5.75 Å². The van der Waals surface area contributed by atoms with Crippen LogP contribution in [0, 0.1) is 0 Å². The van der Waals surface area contributed by atoms with Gasteiger partial charge in [0, 0.05) is 57.3 Å². The number of benzene rings is 1. The lowest BCUT2D eigenvalue weighted by atomic mass is 10.2. The Hall–Kier alpha value is -1.50. The summed E-state index contributed by atoms with van der Waals surface area (Å²) < 4.78 is 5.26. The number of nitrogens with one attached hydrogen (secondary N) is 3. The quantitative estimate of drug-likeness (QED) is 0.663. The van der Waals surface area contributed by atoms with Crippen molar-refractivity contribution >= 4 is 23.2 Å². The Morgan fingerprint density at radius 3 is 2.87 bits per heavy atom. The number of nitrogens with zero attached hydrogens (tertiary/aromatic N) is 1. The van der Waals surface area contributed by atoms with Crippen molar-refractivity contribution in [3.8, 4) is 5.75 Å². The molecule has 0 saturated carbocycles. The lowest BCUT2D eigenvalue weighted by Crippen LogP contribution is -2.46. The Labute approximate surface area is 142 Å². The molecule has 1 aliphatic rings. The molecule has 0 aromatic heterocycles. The van der Waals surface area contributed by atoms with E-state index < -0.39 is 0 Å². The number of methoxy groups -OCH3 is 1. The molecule has 128 valence electrons. The SMILES string of the molecule is COc1ccc(Cl)cc1NCCC(=O)NCCN1CCNCC1. The summed E-state index contributed by atoms with van der Waals surface area (Å²) in [7, 11) is 1.61. The van der Waals surface area contributed by atoms with Crippen LogP contribution in [0.4, 0.5) is 5.69 Å². The maximum Gasteiger partial charge on any atom is 0.221 e. The molecule has 3 N–H and O–H groups in total. The van der Waals surface area contributed by atoms with E-state index in [4.69, 9.17) is 16.3 Å². The fourth-order valence-electron chi connectivity index (χ4n) is 2.51. The molecule has 23 heavy (non-hydrogen) atoms. The summed E-state index contributed by atoms with van der Waals surface area (Å²) in [5.41, 5.74) is 0.800. The number of hydrogen-bond acceptors (Lipinski definition) is 5. The first-order valence-electron chi connectivity index (χ1n) is 7.96. The van der Waals surface area contributed by atoms with Gasteiger partial charge in [0.25, 0.3) is 0 Å². The summed E-state index contributed by atoms with van der Waals surface area (Å²) in [5.74, 6) is 0.766. The fraction of sp³-hybridized carbons (Fsp3) is 0.562. The fourth-order valence-corrected chi connectivity index (χ4v) is 2.68. The first kappa shape index (κ1) is 17.8. The molecule has 0 radical (unpaired) electrons. The number of anilines is 1. The molecule has 1 aromatic carbocycles. The summed E-state index contributed by atoms with van der Waals surface area (Å²) in [4.78, 5) is 14.2. The topological polar surface area (TPSA) is 65.6 Å². The van der Waals surface area contributed by atoms with Crippen LogP contribution in [0.25, 0.3) is 0 Å². The number of piperazine rings is 1. The maximum atomic E-state index is 11.9. The monoisotopic (exact) mass is 340 g/mol. The second-order valence-corrected chi connectivity index (χ2v) is 5.90. The Kier molecular flexibility index (Phi) is 7.45. The molecule has 0 spiro atoms. The highest BCUT2D eigenvalue weighted by molar-refractivity contribution is 6.30. The number of carbonyl (C=O) groups is 1. The van der Waals surface area contributed by atoms with Crippen LogP contribution in [-0.4, -0.2) is 63.7 Å². The molecule has 7 heteroatoms. The van der Waals surface area contributed by atoms with Crippen molar-refractivity contribution in [2.45, 2.75) is 6.42 Å². The molecule has 1 aromatic rings. The maximum absolute atomic E-state index is 11.9. The molecule has 0 bridgehead atoms. The van der Waals surface area contributed by atoms with Gasteiger partial charge in [0.05, 0.1) is 12.8 Å². The third-order valence-electron chi connectivity index (χ3n) is 3.79. The Morgan fingerprint density at radius 2 is 2.13 bits per heavy atom. The van der Waals surface area contributed by atoms with Crippen LogP contribution in [0.3, 0.4) is 0 Å². The van der Waals surface area contributed by atoms with Crippen LogP contribution >= 0.6 is 11.6 Å². The van der Waals surface area contributed by atoms with Gasteiger partial charge in [-0.05, 0) is 18.2 Å². The van der Waals surface area contributed by atoms with E-state index in [1.165, 1.54) is 0 Å². The summed E-state index contributed by atoms with van der Waals surface area (Å²) in [6.07, 6.45) is 0.414. The number of ether oxygens (including phenoxy) is 1. The predicted molar refractivity (Wildman–Crippen MR) is 93.4 cm³/mol. The Balaban J connectivity index is 1.63. The van der Waals surface area contributed by atoms with Crippen LogP contribution in [0.2, 0.25) is 5.02 Å². The van der Waals surface area contributed by atoms with Gasteiger partial charge in [0.2, 0.25) is 5.91 Å². The van der Waals surface area contributed by atoms with E-state index in [1.54, 1.807) is 25.3 Å².